The molecule has 0 saturated heterocycles. The molecule has 1 aromatic heterocycles. The van der Waals surface area contributed by atoms with Crippen molar-refractivity contribution in [1.29, 1.82) is 5.26 Å². The summed E-state index contributed by atoms with van der Waals surface area (Å²) in [5.74, 6) is 0.130. The standard InChI is InChI=1S/C15H13N5O/c1-2-7-17-15(21)13-8-14(19-10-18-13)20-12-6-4-3-5-11(12)9-16/h2-6,8,10H,1,7H2,(H,17,21)(H,18,19,20). The normalized spacial score (nSPS) is 9.48. The van der Waals surface area contributed by atoms with E-state index in [0.29, 0.717) is 23.6 Å². The molecule has 0 aliphatic carbocycles. The number of nitrogens with zero attached hydrogens (tertiary/aromatic N) is 3. The van der Waals surface area contributed by atoms with Crippen LogP contribution in [0.15, 0.2) is 49.3 Å². The number of amides is 1. The lowest BCUT2D eigenvalue weighted by atomic mass is 10.2. The molecule has 6 heteroatoms. The van der Waals surface area contributed by atoms with Gasteiger partial charge in [0, 0.05) is 12.6 Å². The summed E-state index contributed by atoms with van der Waals surface area (Å²) in [4.78, 5) is 19.8. The summed E-state index contributed by atoms with van der Waals surface area (Å²) >= 11 is 0. The van der Waals surface area contributed by atoms with Crippen LogP contribution in [0, 0.1) is 11.3 Å². The number of rotatable bonds is 5. The fourth-order valence-corrected chi connectivity index (χ4v) is 1.63. The van der Waals surface area contributed by atoms with Gasteiger partial charge in [-0.15, -0.1) is 6.58 Å². The lowest BCUT2D eigenvalue weighted by Crippen LogP contribution is -2.24. The molecule has 0 atom stereocenters. The summed E-state index contributed by atoms with van der Waals surface area (Å²) in [5.41, 5.74) is 1.36. The fraction of sp³-hybridized carbons (Fsp3) is 0.0667. The van der Waals surface area contributed by atoms with Crippen LogP contribution in [0.3, 0.4) is 0 Å². The molecule has 0 radical (unpaired) electrons. The first-order valence-electron chi connectivity index (χ1n) is 6.22. The molecule has 0 bridgehead atoms. The molecular formula is C15H13N5O. The van der Waals surface area contributed by atoms with E-state index in [1.807, 2.05) is 6.07 Å². The number of anilines is 2. The highest BCUT2D eigenvalue weighted by atomic mass is 16.1. The van der Waals surface area contributed by atoms with E-state index in [1.54, 1.807) is 24.3 Å². The highest BCUT2D eigenvalue weighted by Crippen LogP contribution is 2.18. The Morgan fingerprint density at radius 2 is 2.19 bits per heavy atom. The molecule has 0 aliphatic heterocycles. The van der Waals surface area contributed by atoms with Crippen molar-refractivity contribution in [3.63, 3.8) is 0 Å². The smallest absolute Gasteiger partial charge is 0.270 e. The number of carbonyl (C=O) groups is 1. The molecule has 0 spiro atoms. The monoisotopic (exact) mass is 279 g/mol. The summed E-state index contributed by atoms with van der Waals surface area (Å²) < 4.78 is 0. The number of nitrogens with one attached hydrogen (secondary N) is 2. The van der Waals surface area contributed by atoms with Gasteiger partial charge in [0.05, 0.1) is 11.3 Å². The first-order chi connectivity index (χ1) is 10.2. The highest BCUT2D eigenvalue weighted by Gasteiger charge is 2.08. The Bertz CT molecular complexity index is 705. The van der Waals surface area contributed by atoms with Crippen LogP contribution in [0.4, 0.5) is 11.5 Å². The molecule has 2 N–H and O–H groups in total. The first kappa shape index (κ1) is 14.2. The number of para-hydroxylation sites is 1. The Balaban J connectivity index is 2.20. The second kappa shape index (κ2) is 6.82. The van der Waals surface area contributed by atoms with Gasteiger partial charge in [-0.3, -0.25) is 4.79 Å². The van der Waals surface area contributed by atoms with Crippen LogP contribution in [0.1, 0.15) is 16.1 Å². The molecule has 104 valence electrons. The topological polar surface area (TPSA) is 90.7 Å². The first-order valence-corrected chi connectivity index (χ1v) is 6.22. The SMILES string of the molecule is C=CCNC(=O)c1cc(Nc2ccccc2C#N)ncn1. The van der Waals surface area contributed by atoms with Gasteiger partial charge in [-0.2, -0.15) is 5.26 Å². The average molecular weight is 279 g/mol. The van der Waals surface area contributed by atoms with Crippen molar-refractivity contribution in [3.05, 3.63) is 60.6 Å². The Morgan fingerprint density at radius 1 is 1.38 bits per heavy atom. The van der Waals surface area contributed by atoms with E-state index >= 15 is 0 Å². The van der Waals surface area contributed by atoms with Gasteiger partial charge >= 0.3 is 0 Å². The second-order valence-electron chi connectivity index (χ2n) is 4.07. The molecule has 2 aromatic rings. The minimum absolute atomic E-state index is 0.240. The molecule has 0 fully saturated rings. The third-order valence-electron chi connectivity index (χ3n) is 2.62. The summed E-state index contributed by atoms with van der Waals surface area (Å²) in [5, 5.41) is 14.7. The van der Waals surface area contributed by atoms with Crippen LogP contribution in [-0.2, 0) is 0 Å². The number of nitriles is 1. The molecule has 2 rings (SSSR count). The zero-order valence-corrected chi connectivity index (χ0v) is 11.2. The fourth-order valence-electron chi connectivity index (χ4n) is 1.63. The minimum Gasteiger partial charge on any atom is -0.347 e. The van der Waals surface area contributed by atoms with Gasteiger partial charge in [-0.05, 0) is 12.1 Å². The van der Waals surface area contributed by atoms with Crippen LogP contribution < -0.4 is 10.6 Å². The van der Waals surface area contributed by atoms with Crippen molar-refractivity contribution in [2.75, 3.05) is 11.9 Å². The molecule has 6 nitrogen and oxygen atoms in total. The van der Waals surface area contributed by atoms with Crippen molar-refractivity contribution in [1.82, 2.24) is 15.3 Å². The molecule has 0 saturated carbocycles. The van der Waals surface area contributed by atoms with Gasteiger partial charge in [0.25, 0.3) is 5.91 Å². The van der Waals surface area contributed by atoms with Crippen molar-refractivity contribution in [2.24, 2.45) is 0 Å². The van der Waals surface area contributed by atoms with Gasteiger partial charge < -0.3 is 10.6 Å². The predicted molar refractivity (Wildman–Crippen MR) is 79.0 cm³/mol. The Morgan fingerprint density at radius 3 is 2.95 bits per heavy atom. The molecule has 0 unspecified atom stereocenters. The van der Waals surface area contributed by atoms with E-state index < -0.39 is 0 Å². The lowest BCUT2D eigenvalue weighted by Gasteiger charge is -2.08. The molecule has 21 heavy (non-hydrogen) atoms. The van der Waals surface area contributed by atoms with Crippen LogP contribution >= 0.6 is 0 Å². The summed E-state index contributed by atoms with van der Waals surface area (Å²) in [6.07, 6.45) is 2.88. The Hall–Kier alpha value is -3.20. The maximum atomic E-state index is 11.8. The van der Waals surface area contributed by atoms with E-state index in [9.17, 15) is 4.79 Å². The number of aromatic nitrogens is 2. The molecular weight excluding hydrogens is 266 g/mol. The van der Waals surface area contributed by atoms with Gasteiger partial charge in [0.15, 0.2) is 0 Å². The third kappa shape index (κ3) is 3.64. The van der Waals surface area contributed by atoms with Crippen molar-refractivity contribution >= 4 is 17.4 Å². The van der Waals surface area contributed by atoms with E-state index in [-0.39, 0.29) is 11.6 Å². The molecule has 1 aromatic carbocycles. The van der Waals surface area contributed by atoms with Gasteiger partial charge in [0.2, 0.25) is 0 Å². The van der Waals surface area contributed by atoms with Crippen LogP contribution in [0.25, 0.3) is 0 Å². The van der Waals surface area contributed by atoms with Crippen LogP contribution in [-0.4, -0.2) is 22.4 Å². The van der Waals surface area contributed by atoms with E-state index in [2.05, 4.69) is 33.2 Å². The number of carbonyl (C=O) groups excluding carboxylic acids is 1. The minimum atomic E-state index is -0.311. The van der Waals surface area contributed by atoms with E-state index in [0.717, 1.165) is 0 Å². The zero-order chi connectivity index (χ0) is 15.1. The molecule has 1 heterocycles. The van der Waals surface area contributed by atoms with Crippen molar-refractivity contribution in [3.8, 4) is 6.07 Å². The average Bonchev–Trinajstić information content (AvgIpc) is 2.53. The Kier molecular flexibility index (Phi) is 4.62. The van der Waals surface area contributed by atoms with E-state index in [1.165, 1.54) is 12.4 Å². The largest absolute Gasteiger partial charge is 0.347 e. The van der Waals surface area contributed by atoms with E-state index in [4.69, 9.17) is 5.26 Å². The number of hydrogen-bond donors (Lipinski definition) is 2. The van der Waals surface area contributed by atoms with Gasteiger partial charge in [-0.25, -0.2) is 9.97 Å². The van der Waals surface area contributed by atoms with Crippen LogP contribution in [0.5, 0.6) is 0 Å². The summed E-state index contributed by atoms with van der Waals surface area (Å²) in [7, 11) is 0. The van der Waals surface area contributed by atoms with Crippen molar-refractivity contribution in [2.45, 2.75) is 0 Å². The zero-order valence-electron chi connectivity index (χ0n) is 11.2. The van der Waals surface area contributed by atoms with Crippen LogP contribution in [0.2, 0.25) is 0 Å². The lowest BCUT2D eigenvalue weighted by molar-refractivity contribution is 0.0953. The maximum Gasteiger partial charge on any atom is 0.270 e. The van der Waals surface area contributed by atoms with Gasteiger partial charge in [-0.1, -0.05) is 18.2 Å². The Labute approximate surface area is 122 Å². The maximum absolute atomic E-state index is 11.8. The predicted octanol–water partition coefficient (Wildman–Crippen LogP) is 2.01. The summed E-state index contributed by atoms with van der Waals surface area (Å²) in [6, 6.07) is 10.6. The highest BCUT2D eigenvalue weighted by molar-refractivity contribution is 5.93. The quantitative estimate of drug-likeness (QED) is 0.817. The molecule has 1 amide bonds. The number of benzene rings is 1. The number of hydrogen-bond acceptors (Lipinski definition) is 5. The summed E-state index contributed by atoms with van der Waals surface area (Å²) in [6.45, 7) is 3.89. The van der Waals surface area contributed by atoms with Gasteiger partial charge in [0.1, 0.15) is 23.9 Å². The molecule has 0 aliphatic rings. The second-order valence-corrected chi connectivity index (χ2v) is 4.07. The third-order valence-corrected chi connectivity index (χ3v) is 2.62. The van der Waals surface area contributed by atoms with Crippen molar-refractivity contribution < 1.29 is 4.79 Å².